The third kappa shape index (κ3) is 5.45. The second-order valence-electron chi connectivity index (χ2n) is 10.6. The summed E-state index contributed by atoms with van der Waals surface area (Å²) in [5.41, 5.74) is 3.25. The molecule has 0 bridgehead atoms. The van der Waals surface area contributed by atoms with Crippen LogP contribution in [-0.4, -0.2) is 49.4 Å². The van der Waals surface area contributed by atoms with Gasteiger partial charge < -0.3 is 14.6 Å². The molecular weight excluding hydrogens is 473 g/mol. The predicted octanol–water partition coefficient (Wildman–Crippen LogP) is 5.08. The number of halogens is 1. The molecule has 1 atom stereocenters. The monoisotopic (exact) mass is 505 g/mol. The van der Waals surface area contributed by atoms with Gasteiger partial charge in [-0.1, -0.05) is 24.3 Å². The van der Waals surface area contributed by atoms with Crippen molar-refractivity contribution in [3.63, 3.8) is 0 Å². The van der Waals surface area contributed by atoms with E-state index in [1.165, 1.54) is 16.8 Å². The number of rotatable bonds is 5. The number of benzene rings is 2. The lowest BCUT2D eigenvalue weighted by atomic mass is 9.91. The Balaban J connectivity index is 1.48. The molecule has 2 aromatic heterocycles. The maximum atomic E-state index is 13.7. The SMILES string of the molecule is CC(C)(C)OC(=O)N1CCCC(c2[nH]n(-c3nc4ccccc4[nH]3)c(=O)c2CCc2ccc(F)cc2)C1. The first kappa shape index (κ1) is 24.8. The van der Waals surface area contributed by atoms with Crippen LogP contribution in [0.1, 0.15) is 56.4 Å². The summed E-state index contributed by atoms with van der Waals surface area (Å²) in [5, 5.41) is 3.32. The number of nitrogens with one attached hydrogen (secondary N) is 2. The lowest BCUT2D eigenvalue weighted by molar-refractivity contribution is 0.0197. The number of likely N-dealkylation sites (tertiary alicyclic amines) is 1. The van der Waals surface area contributed by atoms with Crippen LogP contribution in [0.25, 0.3) is 17.0 Å². The lowest BCUT2D eigenvalue weighted by Crippen LogP contribution is -2.42. The van der Waals surface area contributed by atoms with Gasteiger partial charge in [-0.2, -0.15) is 4.68 Å². The van der Waals surface area contributed by atoms with Crippen LogP contribution in [0.15, 0.2) is 53.3 Å². The number of nitrogens with zero attached hydrogens (tertiary/aromatic N) is 3. The van der Waals surface area contributed by atoms with Crippen LogP contribution in [0.5, 0.6) is 0 Å². The Bertz CT molecular complexity index is 1430. The largest absolute Gasteiger partial charge is 0.444 e. The van der Waals surface area contributed by atoms with Gasteiger partial charge in [-0.05, 0) is 76.3 Å². The fourth-order valence-electron chi connectivity index (χ4n) is 4.89. The predicted molar refractivity (Wildman–Crippen MR) is 140 cm³/mol. The molecule has 37 heavy (non-hydrogen) atoms. The molecule has 2 N–H and O–H groups in total. The van der Waals surface area contributed by atoms with E-state index in [0.29, 0.717) is 37.4 Å². The van der Waals surface area contributed by atoms with E-state index in [4.69, 9.17) is 4.74 Å². The number of aromatic amines is 2. The summed E-state index contributed by atoms with van der Waals surface area (Å²) >= 11 is 0. The Hall–Kier alpha value is -3.88. The molecular formula is C28H32FN5O3. The van der Waals surface area contributed by atoms with Crippen molar-refractivity contribution < 1.29 is 13.9 Å². The number of fused-ring (bicyclic) bond motifs is 1. The summed E-state index contributed by atoms with van der Waals surface area (Å²) in [6.45, 7) is 6.63. The van der Waals surface area contributed by atoms with E-state index in [1.807, 2.05) is 45.0 Å². The summed E-state index contributed by atoms with van der Waals surface area (Å²) in [5.74, 6) is 0.0749. The van der Waals surface area contributed by atoms with Crippen LogP contribution in [-0.2, 0) is 17.6 Å². The second-order valence-corrected chi connectivity index (χ2v) is 10.6. The van der Waals surface area contributed by atoms with Crippen molar-refractivity contribution in [2.45, 2.75) is 58.0 Å². The highest BCUT2D eigenvalue weighted by atomic mass is 19.1. The summed E-state index contributed by atoms with van der Waals surface area (Å²) in [6.07, 6.45) is 2.36. The molecule has 194 valence electrons. The molecule has 0 radical (unpaired) electrons. The molecule has 3 heterocycles. The Morgan fingerprint density at radius 3 is 2.62 bits per heavy atom. The van der Waals surface area contributed by atoms with Gasteiger partial charge in [0.2, 0.25) is 5.95 Å². The number of aryl methyl sites for hydroxylation is 1. The third-order valence-corrected chi connectivity index (χ3v) is 6.67. The van der Waals surface area contributed by atoms with Crippen LogP contribution < -0.4 is 5.56 Å². The first-order valence-electron chi connectivity index (χ1n) is 12.7. The third-order valence-electron chi connectivity index (χ3n) is 6.67. The molecule has 0 saturated carbocycles. The van der Waals surface area contributed by atoms with E-state index in [0.717, 1.165) is 35.1 Å². The van der Waals surface area contributed by atoms with Gasteiger partial charge in [0.15, 0.2) is 0 Å². The minimum absolute atomic E-state index is 0.0529. The molecule has 1 aliphatic rings. The molecule has 0 spiro atoms. The number of H-pyrrole nitrogens is 2. The summed E-state index contributed by atoms with van der Waals surface area (Å²) in [6, 6.07) is 14.0. The van der Waals surface area contributed by atoms with E-state index >= 15 is 0 Å². The van der Waals surface area contributed by atoms with Gasteiger partial charge in [-0.25, -0.2) is 14.2 Å². The van der Waals surface area contributed by atoms with Gasteiger partial charge in [-0.15, -0.1) is 0 Å². The number of amides is 1. The molecule has 5 rings (SSSR count). The maximum absolute atomic E-state index is 13.7. The molecule has 2 aromatic carbocycles. The van der Waals surface area contributed by atoms with Crippen molar-refractivity contribution in [1.29, 1.82) is 0 Å². The van der Waals surface area contributed by atoms with E-state index in [1.54, 1.807) is 17.0 Å². The lowest BCUT2D eigenvalue weighted by Gasteiger charge is -2.34. The minimum atomic E-state index is -0.580. The fourth-order valence-corrected chi connectivity index (χ4v) is 4.89. The average molecular weight is 506 g/mol. The van der Waals surface area contributed by atoms with Crippen LogP contribution in [0.3, 0.4) is 0 Å². The Kier molecular flexibility index (Phi) is 6.62. The normalized spacial score (nSPS) is 16.3. The first-order chi connectivity index (χ1) is 17.7. The highest BCUT2D eigenvalue weighted by molar-refractivity contribution is 5.75. The Labute approximate surface area is 214 Å². The zero-order chi connectivity index (χ0) is 26.2. The number of para-hydroxylation sites is 2. The van der Waals surface area contributed by atoms with E-state index in [9.17, 15) is 14.0 Å². The molecule has 8 nitrogen and oxygen atoms in total. The van der Waals surface area contributed by atoms with Crippen molar-refractivity contribution in [2.75, 3.05) is 13.1 Å². The van der Waals surface area contributed by atoms with Crippen molar-refractivity contribution in [3.05, 3.63) is 81.5 Å². The summed E-state index contributed by atoms with van der Waals surface area (Å²) in [4.78, 5) is 36.0. The van der Waals surface area contributed by atoms with Crippen molar-refractivity contribution in [3.8, 4) is 5.95 Å². The maximum Gasteiger partial charge on any atom is 0.410 e. The minimum Gasteiger partial charge on any atom is -0.444 e. The smallest absolute Gasteiger partial charge is 0.410 e. The highest BCUT2D eigenvalue weighted by Crippen LogP contribution is 2.29. The van der Waals surface area contributed by atoms with Crippen LogP contribution in [0.4, 0.5) is 9.18 Å². The van der Waals surface area contributed by atoms with Gasteiger partial charge in [0.25, 0.3) is 5.56 Å². The van der Waals surface area contributed by atoms with E-state index in [-0.39, 0.29) is 23.4 Å². The van der Waals surface area contributed by atoms with Crippen molar-refractivity contribution >= 4 is 17.1 Å². The van der Waals surface area contributed by atoms with Gasteiger partial charge in [-0.3, -0.25) is 9.89 Å². The number of aromatic nitrogens is 4. The van der Waals surface area contributed by atoms with E-state index in [2.05, 4.69) is 15.1 Å². The van der Waals surface area contributed by atoms with Gasteiger partial charge in [0, 0.05) is 30.3 Å². The van der Waals surface area contributed by atoms with E-state index < -0.39 is 5.60 Å². The zero-order valence-corrected chi connectivity index (χ0v) is 21.4. The molecule has 4 aromatic rings. The van der Waals surface area contributed by atoms with Crippen molar-refractivity contribution in [2.24, 2.45) is 0 Å². The molecule has 9 heteroatoms. The fraction of sp³-hybridized carbons (Fsp3) is 0.393. The van der Waals surface area contributed by atoms with Gasteiger partial charge >= 0.3 is 6.09 Å². The quantitative estimate of drug-likeness (QED) is 0.395. The zero-order valence-electron chi connectivity index (χ0n) is 21.4. The van der Waals surface area contributed by atoms with Gasteiger partial charge in [0.05, 0.1) is 11.0 Å². The molecule has 1 unspecified atom stereocenters. The average Bonchev–Trinajstić information content (AvgIpc) is 3.43. The molecule has 0 aliphatic carbocycles. The number of carbonyl (C=O) groups excluding carboxylic acids is 1. The first-order valence-corrected chi connectivity index (χ1v) is 12.7. The van der Waals surface area contributed by atoms with Crippen molar-refractivity contribution in [1.82, 2.24) is 24.6 Å². The standard InChI is InChI=1S/C28H32FN5O3/c1-28(2,3)37-27(36)33-16-6-7-19(17-33)24-21(15-12-18-10-13-20(29)14-11-18)25(35)34(32-24)26-30-22-8-4-5-9-23(22)31-26/h4-5,8-11,13-14,19,32H,6-7,12,15-17H2,1-3H3,(H,30,31). The Morgan fingerprint density at radius 1 is 1.14 bits per heavy atom. The number of carbonyl (C=O) groups is 1. The number of ether oxygens (including phenoxy) is 1. The topological polar surface area (TPSA) is 96.0 Å². The van der Waals surface area contributed by atoms with Crippen LogP contribution in [0, 0.1) is 5.82 Å². The molecule has 1 fully saturated rings. The summed E-state index contributed by atoms with van der Waals surface area (Å²) in [7, 11) is 0. The summed E-state index contributed by atoms with van der Waals surface area (Å²) < 4.78 is 20.5. The second kappa shape index (κ2) is 9.88. The number of piperidine rings is 1. The Morgan fingerprint density at radius 2 is 1.89 bits per heavy atom. The number of hydrogen-bond acceptors (Lipinski definition) is 4. The molecule has 1 aliphatic heterocycles. The van der Waals surface area contributed by atoms with Crippen LogP contribution in [0.2, 0.25) is 0 Å². The van der Waals surface area contributed by atoms with Gasteiger partial charge in [0.1, 0.15) is 11.4 Å². The molecule has 1 amide bonds. The molecule has 1 saturated heterocycles. The number of hydrogen-bond donors (Lipinski definition) is 2. The highest BCUT2D eigenvalue weighted by Gasteiger charge is 2.31. The van der Waals surface area contributed by atoms with Crippen LogP contribution >= 0.6 is 0 Å². The number of imidazole rings is 1.